The third-order valence-corrected chi connectivity index (χ3v) is 2.40. The van der Waals surface area contributed by atoms with Crippen molar-refractivity contribution in [2.24, 2.45) is 5.92 Å². The predicted octanol–water partition coefficient (Wildman–Crippen LogP) is 3.03. The van der Waals surface area contributed by atoms with Crippen molar-refractivity contribution in [2.45, 2.75) is 39.5 Å². The molecule has 0 amide bonds. The van der Waals surface area contributed by atoms with Crippen molar-refractivity contribution >= 4 is 0 Å². The first-order valence-electron chi connectivity index (χ1n) is 5.10. The van der Waals surface area contributed by atoms with E-state index in [2.05, 4.69) is 31.9 Å². The summed E-state index contributed by atoms with van der Waals surface area (Å²) in [5, 5.41) is 0. The van der Waals surface area contributed by atoms with Gasteiger partial charge in [-0.2, -0.15) is 0 Å². The second-order valence-electron chi connectivity index (χ2n) is 4.22. The summed E-state index contributed by atoms with van der Waals surface area (Å²) in [6.07, 6.45) is 7.76. The summed E-state index contributed by atoms with van der Waals surface area (Å²) in [6.45, 7) is 5.76. The van der Waals surface area contributed by atoms with Gasteiger partial charge in [0.1, 0.15) is 0 Å². The van der Waals surface area contributed by atoms with E-state index in [1.165, 1.54) is 32.2 Å². The van der Waals surface area contributed by atoms with Gasteiger partial charge in [-0.05, 0) is 31.6 Å². The van der Waals surface area contributed by atoms with Gasteiger partial charge in [-0.25, -0.2) is 0 Å². The molecular weight excluding hydrogens is 146 g/mol. The molecule has 0 spiro atoms. The quantitative estimate of drug-likeness (QED) is 0.624. The molecule has 0 aromatic heterocycles. The van der Waals surface area contributed by atoms with Crippen LogP contribution in [-0.4, -0.2) is 18.5 Å². The molecule has 0 saturated carbocycles. The highest BCUT2D eigenvalue weighted by molar-refractivity contribution is 5.03. The number of allylic oxidation sites excluding steroid dienone is 2. The Morgan fingerprint density at radius 3 is 2.67 bits per heavy atom. The van der Waals surface area contributed by atoms with Crippen LogP contribution in [0, 0.1) is 5.92 Å². The normalized spacial score (nSPS) is 17.8. The molecule has 1 aliphatic carbocycles. The van der Waals surface area contributed by atoms with Crippen LogP contribution in [-0.2, 0) is 0 Å². The Balaban J connectivity index is 2.39. The maximum atomic E-state index is 2.42. The van der Waals surface area contributed by atoms with E-state index in [-0.39, 0.29) is 0 Å². The highest BCUT2D eigenvalue weighted by atomic mass is 15.1. The van der Waals surface area contributed by atoms with Crippen molar-refractivity contribution in [3.05, 3.63) is 11.8 Å². The minimum Gasteiger partial charge on any atom is -0.378 e. The molecule has 1 rings (SSSR count). The van der Waals surface area contributed by atoms with Crippen molar-refractivity contribution in [3.8, 4) is 0 Å². The Morgan fingerprint density at radius 2 is 2.17 bits per heavy atom. The smallest absolute Gasteiger partial charge is 0.0194 e. The number of hydrogen-bond acceptors (Lipinski definition) is 1. The van der Waals surface area contributed by atoms with Gasteiger partial charge in [-0.1, -0.05) is 19.9 Å². The Bertz CT molecular complexity index is 158. The van der Waals surface area contributed by atoms with Gasteiger partial charge in [0, 0.05) is 19.3 Å². The third kappa shape index (κ3) is 2.88. The fraction of sp³-hybridized carbons (Fsp3) is 0.818. The molecule has 0 atom stereocenters. The monoisotopic (exact) mass is 167 g/mol. The maximum absolute atomic E-state index is 2.42. The van der Waals surface area contributed by atoms with E-state index < -0.39 is 0 Å². The lowest BCUT2D eigenvalue weighted by atomic mass is 10.0. The molecule has 70 valence electrons. The van der Waals surface area contributed by atoms with Crippen LogP contribution in [0.15, 0.2) is 11.8 Å². The Labute approximate surface area is 76.5 Å². The third-order valence-electron chi connectivity index (χ3n) is 2.40. The van der Waals surface area contributed by atoms with Gasteiger partial charge in [0.25, 0.3) is 0 Å². The number of nitrogens with zero attached hydrogens (tertiary/aromatic N) is 1. The summed E-state index contributed by atoms with van der Waals surface area (Å²) in [6, 6.07) is 0. The van der Waals surface area contributed by atoms with E-state index in [4.69, 9.17) is 0 Å². The Kier molecular flexibility index (Phi) is 3.64. The molecule has 0 saturated heterocycles. The lowest BCUT2D eigenvalue weighted by Gasteiger charge is -2.26. The first-order valence-corrected chi connectivity index (χ1v) is 5.10. The molecule has 12 heavy (non-hydrogen) atoms. The van der Waals surface area contributed by atoms with E-state index in [1.54, 1.807) is 5.70 Å². The van der Waals surface area contributed by atoms with Crippen LogP contribution < -0.4 is 0 Å². The Hall–Kier alpha value is -0.460. The molecule has 0 aromatic rings. The average molecular weight is 167 g/mol. The summed E-state index contributed by atoms with van der Waals surface area (Å²) in [7, 11) is 2.22. The highest BCUT2D eigenvalue weighted by Gasteiger charge is 2.08. The molecule has 0 unspecified atom stereocenters. The summed E-state index contributed by atoms with van der Waals surface area (Å²) in [5.74, 6) is 0.776. The first-order chi connectivity index (χ1) is 5.70. The molecular formula is C11H21N. The average Bonchev–Trinajstić information content (AvgIpc) is 2.05. The van der Waals surface area contributed by atoms with Crippen LogP contribution in [0.2, 0.25) is 0 Å². The molecule has 1 heteroatoms. The summed E-state index contributed by atoms with van der Waals surface area (Å²) < 4.78 is 0. The fourth-order valence-electron chi connectivity index (χ4n) is 1.83. The number of rotatable bonds is 3. The van der Waals surface area contributed by atoms with Gasteiger partial charge in [0.15, 0.2) is 0 Å². The summed E-state index contributed by atoms with van der Waals surface area (Å²) in [5.41, 5.74) is 1.56. The molecule has 0 aliphatic heterocycles. The fourth-order valence-corrected chi connectivity index (χ4v) is 1.83. The Morgan fingerprint density at radius 1 is 1.42 bits per heavy atom. The zero-order chi connectivity index (χ0) is 8.97. The van der Waals surface area contributed by atoms with E-state index in [9.17, 15) is 0 Å². The van der Waals surface area contributed by atoms with Crippen molar-refractivity contribution < 1.29 is 0 Å². The molecule has 0 bridgehead atoms. The lowest BCUT2D eigenvalue weighted by molar-refractivity contribution is 0.340. The van der Waals surface area contributed by atoms with Gasteiger partial charge in [-0.3, -0.25) is 0 Å². The van der Waals surface area contributed by atoms with E-state index in [0.717, 1.165) is 5.92 Å². The molecule has 0 heterocycles. The van der Waals surface area contributed by atoms with Gasteiger partial charge in [0.05, 0.1) is 0 Å². The largest absolute Gasteiger partial charge is 0.378 e. The van der Waals surface area contributed by atoms with E-state index >= 15 is 0 Å². The molecule has 0 aromatic carbocycles. The van der Waals surface area contributed by atoms with Crippen LogP contribution in [0.25, 0.3) is 0 Å². The lowest BCUT2D eigenvalue weighted by Crippen LogP contribution is -2.23. The van der Waals surface area contributed by atoms with Crippen LogP contribution in [0.5, 0.6) is 0 Å². The van der Waals surface area contributed by atoms with Crippen LogP contribution in [0.3, 0.4) is 0 Å². The van der Waals surface area contributed by atoms with Crippen LogP contribution in [0.1, 0.15) is 39.5 Å². The van der Waals surface area contributed by atoms with Crippen molar-refractivity contribution in [2.75, 3.05) is 13.6 Å². The second-order valence-corrected chi connectivity index (χ2v) is 4.22. The second kappa shape index (κ2) is 4.54. The predicted molar refractivity (Wildman–Crippen MR) is 54.0 cm³/mol. The van der Waals surface area contributed by atoms with Crippen molar-refractivity contribution in [1.29, 1.82) is 0 Å². The van der Waals surface area contributed by atoms with Crippen molar-refractivity contribution in [1.82, 2.24) is 4.90 Å². The maximum Gasteiger partial charge on any atom is 0.0194 e. The minimum absolute atomic E-state index is 0.776. The van der Waals surface area contributed by atoms with Crippen molar-refractivity contribution in [3.63, 3.8) is 0 Å². The highest BCUT2D eigenvalue weighted by Crippen LogP contribution is 2.20. The van der Waals surface area contributed by atoms with E-state index in [0.29, 0.717) is 0 Å². The van der Waals surface area contributed by atoms with Crippen LogP contribution >= 0.6 is 0 Å². The van der Waals surface area contributed by atoms with E-state index in [1.807, 2.05) is 0 Å². The summed E-state index contributed by atoms with van der Waals surface area (Å²) in [4.78, 5) is 2.42. The van der Waals surface area contributed by atoms with Gasteiger partial charge in [0.2, 0.25) is 0 Å². The SMILES string of the molecule is CC(C)CN(C)C1=CCCCC1. The van der Waals surface area contributed by atoms with Gasteiger partial charge < -0.3 is 4.90 Å². The minimum atomic E-state index is 0.776. The molecule has 1 nitrogen and oxygen atoms in total. The molecule has 0 fully saturated rings. The molecule has 0 N–H and O–H groups in total. The summed E-state index contributed by atoms with van der Waals surface area (Å²) >= 11 is 0. The zero-order valence-corrected chi connectivity index (χ0v) is 8.64. The zero-order valence-electron chi connectivity index (χ0n) is 8.64. The first kappa shape index (κ1) is 9.63. The van der Waals surface area contributed by atoms with Gasteiger partial charge >= 0.3 is 0 Å². The standard InChI is InChI=1S/C11H21N/c1-10(2)9-12(3)11-7-5-4-6-8-11/h7,10H,4-6,8-9H2,1-3H3. The number of hydrogen-bond donors (Lipinski definition) is 0. The van der Waals surface area contributed by atoms with Crippen LogP contribution in [0.4, 0.5) is 0 Å². The van der Waals surface area contributed by atoms with Gasteiger partial charge in [-0.15, -0.1) is 0 Å². The molecule has 1 aliphatic rings. The topological polar surface area (TPSA) is 3.24 Å². The molecule has 0 radical (unpaired) electrons.